The topological polar surface area (TPSA) is 29.1 Å². The van der Waals surface area contributed by atoms with Gasteiger partial charge in [-0.2, -0.15) is 0 Å². The molecule has 0 aliphatic heterocycles. The molecule has 1 amide bonds. The fourth-order valence-electron chi connectivity index (χ4n) is 2.28. The molecule has 3 rings (SSSR count). The van der Waals surface area contributed by atoms with Gasteiger partial charge in [-0.05, 0) is 35.4 Å². The maximum Gasteiger partial charge on any atom is 0.258 e. The predicted molar refractivity (Wildman–Crippen MR) is 96.2 cm³/mol. The zero-order valence-electron chi connectivity index (χ0n) is 12.9. The zero-order valence-corrected chi connectivity index (χ0v) is 12.9. The molecule has 0 spiro atoms. The molecule has 2 nitrogen and oxygen atoms in total. The molecule has 0 saturated carbocycles. The fourth-order valence-corrected chi connectivity index (χ4v) is 2.28. The molecule has 0 unspecified atom stereocenters. The Morgan fingerprint density at radius 1 is 0.750 bits per heavy atom. The highest BCUT2D eigenvalue weighted by Crippen LogP contribution is 2.15. The van der Waals surface area contributed by atoms with Crippen LogP contribution in [-0.2, 0) is 0 Å². The molecule has 0 atom stereocenters. The quantitative estimate of drug-likeness (QED) is 0.654. The van der Waals surface area contributed by atoms with Gasteiger partial charge in [-0.3, -0.25) is 4.79 Å². The van der Waals surface area contributed by atoms with E-state index in [4.69, 9.17) is 0 Å². The molecule has 0 bridgehead atoms. The smallest absolute Gasteiger partial charge is 0.258 e. The van der Waals surface area contributed by atoms with Crippen molar-refractivity contribution in [3.05, 3.63) is 101 Å². The number of halogens is 1. The number of amides is 1. The minimum absolute atomic E-state index is 0.0329. The molecule has 3 aromatic carbocycles. The third-order valence-electron chi connectivity index (χ3n) is 3.55. The minimum atomic E-state index is -0.530. The Hall–Kier alpha value is -3.20. The summed E-state index contributed by atoms with van der Waals surface area (Å²) in [5.41, 5.74) is 2.79. The Kier molecular flexibility index (Phi) is 4.82. The van der Waals surface area contributed by atoms with E-state index in [0.29, 0.717) is 5.69 Å². The zero-order chi connectivity index (χ0) is 16.8. The molecule has 3 heteroatoms. The van der Waals surface area contributed by atoms with Crippen molar-refractivity contribution in [1.82, 2.24) is 0 Å². The third-order valence-corrected chi connectivity index (χ3v) is 3.55. The summed E-state index contributed by atoms with van der Waals surface area (Å²) in [4.78, 5) is 12.1. The van der Waals surface area contributed by atoms with Gasteiger partial charge >= 0.3 is 0 Å². The van der Waals surface area contributed by atoms with E-state index in [2.05, 4.69) is 5.32 Å². The molecule has 0 radical (unpaired) electrons. The van der Waals surface area contributed by atoms with Crippen LogP contribution in [0.5, 0.6) is 0 Å². The SMILES string of the molecule is O=C(Nc1ccc(/C=C\c2ccccc2)cc1)c1ccccc1F. The number of nitrogens with one attached hydrogen (secondary N) is 1. The average Bonchev–Trinajstić information content (AvgIpc) is 2.62. The third kappa shape index (κ3) is 3.96. The van der Waals surface area contributed by atoms with Crippen molar-refractivity contribution in [3.8, 4) is 0 Å². The highest BCUT2D eigenvalue weighted by atomic mass is 19.1. The van der Waals surface area contributed by atoms with Crippen molar-refractivity contribution in [2.75, 3.05) is 5.32 Å². The second-order valence-electron chi connectivity index (χ2n) is 5.30. The Labute approximate surface area is 140 Å². The summed E-state index contributed by atoms with van der Waals surface area (Å²) < 4.78 is 13.6. The predicted octanol–water partition coefficient (Wildman–Crippen LogP) is 5.25. The molecular formula is C21H16FNO. The highest BCUT2D eigenvalue weighted by molar-refractivity contribution is 6.04. The second kappa shape index (κ2) is 7.38. The lowest BCUT2D eigenvalue weighted by molar-refractivity contribution is 0.102. The molecule has 1 N–H and O–H groups in total. The maximum absolute atomic E-state index is 13.6. The van der Waals surface area contributed by atoms with Gasteiger partial charge in [0, 0.05) is 5.69 Å². The molecule has 0 fully saturated rings. The van der Waals surface area contributed by atoms with Gasteiger partial charge in [0.2, 0.25) is 0 Å². The van der Waals surface area contributed by atoms with Crippen LogP contribution < -0.4 is 5.32 Å². The van der Waals surface area contributed by atoms with E-state index in [0.717, 1.165) is 11.1 Å². The molecule has 118 valence electrons. The van der Waals surface area contributed by atoms with Gasteiger partial charge in [0.25, 0.3) is 5.91 Å². The van der Waals surface area contributed by atoms with Crippen LogP contribution in [-0.4, -0.2) is 5.91 Å². The molecular weight excluding hydrogens is 301 g/mol. The van der Waals surface area contributed by atoms with Crippen LogP contribution in [0.3, 0.4) is 0 Å². The summed E-state index contributed by atoms with van der Waals surface area (Å²) in [6.45, 7) is 0. The van der Waals surface area contributed by atoms with E-state index < -0.39 is 11.7 Å². The first-order valence-corrected chi connectivity index (χ1v) is 7.61. The maximum atomic E-state index is 13.6. The monoisotopic (exact) mass is 317 g/mol. The molecule has 0 heterocycles. The van der Waals surface area contributed by atoms with Gasteiger partial charge in [0.05, 0.1) is 5.56 Å². The first kappa shape index (κ1) is 15.7. The van der Waals surface area contributed by atoms with Crippen LogP contribution >= 0.6 is 0 Å². The normalized spacial score (nSPS) is 10.7. The van der Waals surface area contributed by atoms with Gasteiger partial charge in [-0.15, -0.1) is 0 Å². The summed E-state index contributed by atoms with van der Waals surface area (Å²) in [6.07, 6.45) is 4.02. The fraction of sp³-hybridized carbons (Fsp3) is 0. The molecule has 0 saturated heterocycles. The number of carbonyl (C=O) groups is 1. The van der Waals surface area contributed by atoms with E-state index in [9.17, 15) is 9.18 Å². The molecule has 24 heavy (non-hydrogen) atoms. The van der Waals surface area contributed by atoms with E-state index >= 15 is 0 Å². The lowest BCUT2D eigenvalue weighted by Crippen LogP contribution is -2.13. The van der Waals surface area contributed by atoms with Crippen molar-refractivity contribution in [2.24, 2.45) is 0 Å². The minimum Gasteiger partial charge on any atom is -0.322 e. The average molecular weight is 317 g/mol. The summed E-state index contributed by atoms with van der Waals surface area (Å²) in [7, 11) is 0. The molecule has 0 aliphatic carbocycles. The van der Waals surface area contributed by atoms with Crippen LogP contribution in [0.25, 0.3) is 12.2 Å². The molecule has 0 aromatic heterocycles. The second-order valence-corrected chi connectivity index (χ2v) is 5.30. The van der Waals surface area contributed by atoms with Crippen LogP contribution in [0.1, 0.15) is 21.5 Å². The summed E-state index contributed by atoms with van der Waals surface area (Å²) in [6, 6.07) is 23.3. The Bertz CT molecular complexity index is 855. The van der Waals surface area contributed by atoms with E-state index in [1.165, 1.54) is 12.1 Å². The Balaban J connectivity index is 1.68. The van der Waals surface area contributed by atoms with Crippen LogP contribution in [0.15, 0.2) is 78.9 Å². The highest BCUT2D eigenvalue weighted by Gasteiger charge is 2.10. The molecule has 3 aromatic rings. The van der Waals surface area contributed by atoms with Crippen molar-refractivity contribution >= 4 is 23.7 Å². The summed E-state index contributed by atoms with van der Waals surface area (Å²) >= 11 is 0. The van der Waals surface area contributed by atoms with Crippen molar-refractivity contribution in [3.63, 3.8) is 0 Å². The van der Waals surface area contributed by atoms with Crippen LogP contribution in [0, 0.1) is 5.82 Å². The van der Waals surface area contributed by atoms with Crippen molar-refractivity contribution in [1.29, 1.82) is 0 Å². The standard InChI is InChI=1S/C21H16FNO/c22-20-9-5-4-8-19(20)21(24)23-18-14-12-17(13-15-18)11-10-16-6-2-1-3-7-16/h1-15H,(H,23,24)/b11-10-. The number of anilines is 1. The van der Waals surface area contributed by atoms with Crippen molar-refractivity contribution in [2.45, 2.75) is 0 Å². The van der Waals surface area contributed by atoms with E-state index in [1.54, 1.807) is 24.3 Å². The van der Waals surface area contributed by atoms with Gasteiger partial charge in [-0.25, -0.2) is 4.39 Å². The number of hydrogen-bond acceptors (Lipinski definition) is 1. The van der Waals surface area contributed by atoms with Crippen molar-refractivity contribution < 1.29 is 9.18 Å². The van der Waals surface area contributed by atoms with E-state index in [1.807, 2.05) is 54.6 Å². The summed E-state index contributed by atoms with van der Waals surface area (Å²) in [5.74, 6) is -0.988. The number of hydrogen-bond donors (Lipinski definition) is 1. The van der Waals surface area contributed by atoms with Gasteiger partial charge in [-0.1, -0.05) is 66.7 Å². The van der Waals surface area contributed by atoms with Gasteiger partial charge in [0.1, 0.15) is 5.82 Å². The van der Waals surface area contributed by atoms with Gasteiger partial charge in [0.15, 0.2) is 0 Å². The summed E-state index contributed by atoms with van der Waals surface area (Å²) in [5, 5.41) is 2.70. The number of carbonyl (C=O) groups excluding carboxylic acids is 1. The number of rotatable bonds is 4. The first-order valence-electron chi connectivity index (χ1n) is 7.61. The Morgan fingerprint density at radius 2 is 1.33 bits per heavy atom. The lowest BCUT2D eigenvalue weighted by atomic mass is 10.1. The number of benzene rings is 3. The molecule has 0 aliphatic rings. The van der Waals surface area contributed by atoms with E-state index in [-0.39, 0.29) is 5.56 Å². The largest absolute Gasteiger partial charge is 0.322 e. The van der Waals surface area contributed by atoms with Gasteiger partial charge < -0.3 is 5.32 Å². The first-order chi connectivity index (χ1) is 11.7. The Morgan fingerprint density at radius 3 is 2.00 bits per heavy atom. The van der Waals surface area contributed by atoms with Crippen LogP contribution in [0.4, 0.5) is 10.1 Å². The van der Waals surface area contributed by atoms with Crippen LogP contribution in [0.2, 0.25) is 0 Å². The lowest BCUT2D eigenvalue weighted by Gasteiger charge is -2.06.